The summed E-state index contributed by atoms with van der Waals surface area (Å²) in [6, 6.07) is 9.81. The van der Waals surface area contributed by atoms with E-state index in [-0.39, 0.29) is 12.5 Å². The van der Waals surface area contributed by atoms with Crippen LogP contribution in [-0.4, -0.2) is 96.2 Å². The molecule has 7 atom stereocenters. The molecule has 1 spiro atoms. The maximum atomic E-state index is 14.8. The van der Waals surface area contributed by atoms with Gasteiger partial charge in [0.2, 0.25) is 0 Å². The quantitative estimate of drug-likeness (QED) is 0.280. The topological polar surface area (TPSA) is 127 Å². The van der Waals surface area contributed by atoms with Gasteiger partial charge in [0.05, 0.1) is 24.7 Å². The highest BCUT2D eigenvalue weighted by molar-refractivity contribution is 9.10. The number of hydrogen-bond donors (Lipinski definition) is 4. The highest BCUT2D eigenvalue weighted by atomic mass is 79.9. The summed E-state index contributed by atoms with van der Waals surface area (Å²) in [5.41, 5.74) is -0.00353. The molecule has 3 fully saturated rings. The number of aliphatic hydroxyl groups excluding tert-OH is 1. The molecule has 4 aliphatic rings. The number of fused-ring (bicyclic) bond motifs is 2. The van der Waals surface area contributed by atoms with Crippen molar-refractivity contribution in [3.63, 3.8) is 0 Å². The number of para-hydroxylation sites is 1. The van der Waals surface area contributed by atoms with Crippen molar-refractivity contribution < 1.29 is 29.3 Å². The number of esters is 1. The summed E-state index contributed by atoms with van der Waals surface area (Å²) in [5, 5.41) is 29.4. The minimum Gasteiger partial charge on any atom is -0.495 e. The van der Waals surface area contributed by atoms with Gasteiger partial charge in [-0.3, -0.25) is 9.69 Å². The van der Waals surface area contributed by atoms with Crippen LogP contribution in [0, 0.1) is 5.41 Å². The molecule has 7 rings (SSSR count). The zero-order chi connectivity index (χ0) is 31.9. The van der Waals surface area contributed by atoms with Gasteiger partial charge in [0, 0.05) is 59.2 Å². The number of ether oxygens (including phenoxy) is 2. The van der Waals surface area contributed by atoms with Crippen LogP contribution < -0.4 is 15.0 Å². The summed E-state index contributed by atoms with van der Waals surface area (Å²) in [5.74, 6) is -0.744. The number of nitrogens with zero attached hydrogens (tertiary/aromatic N) is 2. The molecule has 0 bridgehead atoms. The Morgan fingerprint density at radius 2 is 1.96 bits per heavy atom. The molecule has 45 heavy (non-hydrogen) atoms. The number of carbonyl (C=O) groups excluding carboxylic acids is 2. The molecule has 4 heterocycles. The van der Waals surface area contributed by atoms with Crippen molar-refractivity contribution in [3.05, 3.63) is 58.2 Å². The van der Waals surface area contributed by atoms with Crippen LogP contribution in [0.3, 0.4) is 0 Å². The Hall–Kier alpha value is -3.12. The van der Waals surface area contributed by atoms with E-state index in [0.29, 0.717) is 18.6 Å². The third kappa shape index (κ3) is 3.96. The van der Waals surface area contributed by atoms with E-state index in [1.807, 2.05) is 48.5 Å². The van der Waals surface area contributed by atoms with Gasteiger partial charge in [-0.1, -0.05) is 25.1 Å². The Bertz CT molecular complexity index is 1680. The highest BCUT2D eigenvalue weighted by Crippen LogP contribution is 2.68. The molecule has 1 aromatic heterocycles. The van der Waals surface area contributed by atoms with Crippen molar-refractivity contribution in [1.29, 1.82) is 0 Å². The lowest BCUT2D eigenvalue weighted by Gasteiger charge is -2.65. The van der Waals surface area contributed by atoms with Crippen LogP contribution in [0.2, 0.25) is 0 Å². The third-order valence-corrected chi connectivity index (χ3v) is 12.2. The van der Waals surface area contributed by atoms with E-state index < -0.39 is 46.5 Å². The van der Waals surface area contributed by atoms with Gasteiger partial charge < -0.3 is 34.9 Å². The number of benzene rings is 2. The first kappa shape index (κ1) is 30.5. The second-order valence-electron chi connectivity index (χ2n) is 13.3. The lowest BCUT2D eigenvalue weighted by Crippen LogP contribution is -2.82. The van der Waals surface area contributed by atoms with Gasteiger partial charge in [-0.25, -0.2) is 4.79 Å². The summed E-state index contributed by atoms with van der Waals surface area (Å²) in [6.45, 7) is 3.76. The van der Waals surface area contributed by atoms with E-state index in [1.165, 1.54) is 7.11 Å². The average Bonchev–Trinajstić information content (AvgIpc) is 3.72. The number of likely N-dealkylation sites (N-methyl/N-ethyl adjacent to an activating group) is 1. The fourth-order valence-corrected chi connectivity index (χ4v) is 10.4. The van der Waals surface area contributed by atoms with E-state index >= 15 is 0 Å². The summed E-state index contributed by atoms with van der Waals surface area (Å²) in [6.07, 6.45) is 3.45. The van der Waals surface area contributed by atoms with Crippen LogP contribution in [0.15, 0.2) is 47.1 Å². The van der Waals surface area contributed by atoms with E-state index in [2.05, 4.69) is 44.1 Å². The van der Waals surface area contributed by atoms with Crippen LogP contribution in [0.1, 0.15) is 43.7 Å². The number of piperidine rings is 1. The van der Waals surface area contributed by atoms with Gasteiger partial charge in [-0.2, -0.15) is 0 Å². The van der Waals surface area contributed by atoms with Crippen LogP contribution >= 0.6 is 15.9 Å². The lowest BCUT2D eigenvalue weighted by atomic mass is 9.46. The fourth-order valence-electron chi connectivity index (χ4n) is 9.85. The first-order chi connectivity index (χ1) is 21.6. The fraction of sp³-hybridized carbons (Fsp3) is 0.529. The van der Waals surface area contributed by atoms with Crippen molar-refractivity contribution in [2.45, 2.75) is 74.3 Å². The molecule has 4 N–H and O–H groups in total. The molecule has 0 radical (unpaired) electrons. The molecule has 0 unspecified atom stereocenters. The summed E-state index contributed by atoms with van der Waals surface area (Å²) < 4.78 is 11.6. The Balaban J connectivity index is 1.36. The third-order valence-electron chi connectivity index (χ3n) is 11.6. The van der Waals surface area contributed by atoms with Gasteiger partial charge in [0.1, 0.15) is 17.9 Å². The smallest absolute Gasteiger partial charge is 0.328 e. The molecule has 1 amide bonds. The molecule has 1 aliphatic carbocycles. The number of aromatic amines is 1. The molecule has 240 valence electrons. The van der Waals surface area contributed by atoms with Crippen molar-refractivity contribution in [3.8, 4) is 5.75 Å². The predicted molar refractivity (Wildman–Crippen MR) is 173 cm³/mol. The van der Waals surface area contributed by atoms with Gasteiger partial charge in [0.25, 0.3) is 5.91 Å². The zero-order valence-corrected chi connectivity index (χ0v) is 27.7. The standard InChI is InChI=1S/C34H41BrN4O6/c1-5-32-11-8-13-39-14-12-33(28(32)39)21-16-22(35)26(44-3)17-25(21)38(2)29(33)34(43,30(32)41)31(42)37-24(27(40)45-4)15-19-18-36-23-10-7-6-9-20(19)23/h6-7,9-10,16-18,24,28-30,36,41,43H,5,8,11-15H2,1-4H3,(H,37,42)/t24-,28-,29+,30-,32+,33+,34+/m1/s1. The molecular formula is C34H41BrN4O6. The lowest BCUT2D eigenvalue weighted by molar-refractivity contribution is -0.222. The van der Waals surface area contributed by atoms with Gasteiger partial charge in [-0.05, 0) is 78.0 Å². The number of amides is 1. The summed E-state index contributed by atoms with van der Waals surface area (Å²) in [7, 11) is 4.78. The largest absolute Gasteiger partial charge is 0.495 e. The minimum atomic E-state index is -2.25. The van der Waals surface area contributed by atoms with Crippen LogP contribution in [0.4, 0.5) is 5.69 Å². The number of rotatable bonds is 7. The maximum Gasteiger partial charge on any atom is 0.328 e. The molecule has 11 heteroatoms. The first-order valence-electron chi connectivity index (χ1n) is 15.8. The molecule has 3 aliphatic heterocycles. The summed E-state index contributed by atoms with van der Waals surface area (Å²) >= 11 is 3.70. The van der Waals surface area contributed by atoms with E-state index in [4.69, 9.17) is 9.47 Å². The Morgan fingerprint density at radius 1 is 1.18 bits per heavy atom. The van der Waals surface area contributed by atoms with Crippen molar-refractivity contribution in [1.82, 2.24) is 15.2 Å². The number of carbonyl (C=O) groups is 2. The number of H-pyrrole nitrogens is 1. The second kappa shape index (κ2) is 10.7. The molecule has 2 saturated heterocycles. The predicted octanol–water partition coefficient (Wildman–Crippen LogP) is 3.27. The van der Waals surface area contributed by atoms with Crippen molar-refractivity contribution in [2.24, 2.45) is 5.41 Å². The number of aromatic nitrogens is 1. The molecule has 10 nitrogen and oxygen atoms in total. The normalized spacial score (nSPS) is 32.5. The average molecular weight is 682 g/mol. The van der Waals surface area contributed by atoms with Crippen LogP contribution in [0.5, 0.6) is 5.75 Å². The number of nitrogens with one attached hydrogen (secondary N) is 2. The van der Waals surface area contributed by atoms with Gasteiger partial charge in [0.15, 0.2) is 5.60 Å². The highest BCUT2D eigenvalue weighted by Gasteiger charge is 2.79. The second-order valence-corrected chi connectivity index (χ2v) is 14.1. The van der Waals surface area contributed by atoms with Gasteiger partial charge in [-0.15, -0.1) is 0 Å². The summed E-state index contributed by atoms with van der Waals surface area (Å²) in [4.78, 5) is 35.6. The zero-order valence-electron chi connectivity index (χ0n) is 26.1. The van der Waals surface area contributed by atoms with E-state index in [9.17, 15) is 19.8 Å². The molecular weight excluding hydrogens is 640 g/mol. The molecule has 3 aromatic rings. The van der Waals surface area contributed by atoms with Crippen molar-refractivity contribution in [2.75, 3.05) is 39.3 Å². The maximum absolute atomic E-state index is 14.8. The SMILES string of the molecule is CC[C@@]12CCCN3CC[C@]4(c5cc(Br)c(OC)cc5N(C)[C@@H]4[C@@](O)(C(=O)N[C@H](Cc4c[nH]c5ccccc45)C(=O)OC)[C@@H]1O)[C@H]32. The van der Waals surface area contributed by atoms with Gasteiger partial charge >= 0.3 is 5.97 Å². The Morgan fingerprint density at radius 3 is 2.69 bits per heavy atom. The minimum absolute atomic E-state index is 0.0801. The number of halogens is 1. The number of methoxy groups -OCH3 is 2. The number of anilines is 1. The monoisotopic (exact) mass is 680 g/mol. The first-order valence-corrected chi connectivity index (χ1v) is 16.6. The number of aliphatic hydroxyl groups is 2. The molecule has 2 aromatic carbocycles. The Kier molecular flexibility index (Phi) is 7.27. The van der Waals surface area contributed by atoms with E-state index in [1.54, 1.807) is 7.11 Å². The van der Waals surface area contributed by atoms with Crippen molar-refractivity contribution >= 4 is 44.4 Å². The van der Waals surface area contributed by atoms with Crippen LogP contribution in [0.25, 0.3) is 10.9 Å². The molecule has 1 saturated carbocycles. The Labute approximate surface area is 271 Å². The van der Waals surface area contributed by atoms with E-state index in [0.717, 1.165) is 58.1 Å². The van der Waals surface area contributed by atoms with Crippen LogP contribution in [-0.2, 0) is 26.2 Å². The number of hydrogen-bond acceptors (Lipinski definition) is 8.